The minimum absolute atomic E-state index is 0.117. The van der Waals surface area contributed by atoms with E-state index in [-0.39, 0.29) is 5.56 Å². The highest BCUT2D eigenvalue weighted by Crippen LogP contribution is 2.40. The van der Waals surface area contributed by atoms with Crippen molar-refractivity contribution in [2.75, 3.05) is 0 Å². The van der Waals surface area contributed by atoms with Crippen LogP contribution in [0.25, 0.3) is 16.7 Å². The van der Waals surface area contributed by atoms with Gasteiger partial charge < -0.3 is 9.30 Å². The summed E-state index contributed by atoms with van der Waals surface area (Å²) in [4.78, 5) is 18.5. The van der Waals surface area contributed by atoms with Crippen molar-refractivity contribution in [3.63, 3.8) is 0 Å². The number of rotatable bonds is 5. The highest BCUT2D eigenvalue weighted by Gasteiger charge is 2.28. The van der Waals surface area contributed by atoms with Crippen LogP contribution in [0, 0.1) is 0 Å². The second-order valence-electron chi connectivity index (χ2n) is 7.07. The van der Waals surface area contributed by atoms with Gasteiger partial charge in [0.15, 0.2) is 0 Å². The number of nitrogens with zero attached hydrogens (tertiary/aromatic N) is 3. The van der Waals surface area contributed by atoms with Crippen molar-refractivity contribution < 1.29 is 4.74 Å². The van der Waals surface area contributed by atoms with Gasteiger partial charge in [-0.3, -0.25) is 9.36 Å². The molecule has 0 spiro atoms. The summed E-state index contributed by atoms with van der Waals surface area (Å²) in [6.07, 6.45) is 4.20. The Morgan fingerprint density at radius 3 is 2.82 bits per heavy atom. The van der Waals surface area contributed by atoms with E-state index in [1.54, 1.807) is 22.1 Å². The molecule has 1 aromatic carbocycles. The van der Waals surface area contributed by atoms with Crippen molar-refractivity contribution in [2.45, 2.75) is 25.4 Å². The lowest BCUT2D eigenvalue weighted by molar-refractivity contribution is 0.309. The molecule has 0 atom stereocenters. The van der Waals surface area contributed by atoms with Gasteiger partial charge in [-0.1, -0.05) is 0 Å². The van der Waals surface area contributed by atoms with E-state index >= 15 is 0 Å². The fraction of sp³-hybridized carbons (Fsp3) is 0.238. The molecule has 0 N–H and O–H groups in total. The van der Waals surface area contributed by atoms with Crippen molar-refractivity contribution in [2.24, 2.45) is 7.05 Å². The number of hydrogen-bond donors (Lipinski definition) is 0. The number of halogens is 1. The second kappa shape index (κ2) is 6.90. The quantitative estimate of drug-likeness (QED) is 0.425. The van der Waals surface area contributed by atoms with Gasteiger partial charge in [-0.25, -0.2) is 4.98 Å². The molecule has 0 aliphatic heterocycles. The average Bonchev–Trinajstić information content (AvgIpc) is 3.37. The number of aryl methyl sites for hydroxylation is 1. The Morgan fingerprint density at radius 2 is 2.11 bits per heavy atom. The summed E-state index contributed by atoms with van der Waals surface area (Å²) < 4.78 is 10.6. The molecule has 142 valence electrons. The second-order valence-corrected chi connectivity index (χ2v) is 8.98. The molecule has 0 radical (unpaired) electrons. The fourth-order valence-corrected chi connectivity index (χ4v) is 4.76. The molecule has 1 aliphatic rings. The number of benzene rings is 1. The molecule has 0 saturated heterocycles. The number of fused-ring (bicyclic) bond motifs is 1. The van der Waals surface area contributed by atoms with E-state index in [4.69, 9.17) is 9.72 Å². The van der Waals surface area contributed by atoms with E-state index in [0.717, 1.165) is 31.9 Å². The van der Waals surface area contributed by atoms with E-state index in [1.807, 2.05) is 35.7 Å². The molecule has 1 saturated carbocycles. The van der Waals surface area contributed by atoms with Crippen molar-refractivity contribution in [1.29, 1.82) is 0 Å². The molecule has 1 fully saturated rings. The van der Waals surface area contributed by atoms with E-state index < -0.39 is 0 Å². The average molecular weight is 456 g/mol. The highest BCUT2D eigenvalue weighted by molar-refractivity contribution is 9.10. The Kier molecular flexibility index (Phi) is 4.36. The topological polar surface area (TPSA) is 49.0 Å². The van der Waals surface area contributed by atoms with E-state index in [0.29, 0.717) is 18.3 Å². The van der Waals surface area contributed by atoms with Crippen LogP contribution in [0.15, 0.2) is 57.2 Å². The first-order valence-electron chi connectivity index (χ1n) is 9.13. The maximum absolute atomic E-state index is 12.7. The van der Waals surface area contributed by atoms with Crippen molar-refractivity contribution in [1.82, 2.24) is 14.1 Å². The Hall–Kier alpha value is -2.38. The summed E-state index contributed by atoms with van der Waals surface area (Å²) in [5.41, 5.74) is 2.74. The third-order valence-electron chi connectivity index (χ3n) is 5.01. The molecule has 0 amide bonds. The van der Waals surface area contributed by atoms with Gasteiger partial charge in [-0.15, -0.1) is 11.3 Å². The Labute approximate surface area is 174 Å². The summed E-state index contributed by atoms with van der Waals surface area (Å²) >= 11 is 5.06. The number of ether oxygens (including phenoxy) is 1. The number of imidazole rings is 1. The highest BCUT2D eigenvalue weighted by atomic mass is 79.9. The minimum Gasteiger partial charge on any atom is -0.488 e. The molecule has 4 aromatic rings. The lowest BCUT2D eigenvalue weighted by Gasteiger charge is -2.09. The van der Waals surface area contributed by atoms with Crippen LogP contribution >= 0.6 is 27.3 Å². The summed E-state index contributed by atoms with van der Waals surface area (Å²) in [5, 5.41) is 2.01. The molecule has 5 rings (SSSR count). The molecule has 3 heterocycles. The van der Waals surface area contributed by atoms with Crippen molar-refractivity contribution >= 4 is 38.3 Å². The molecule has 5 nitrogen and oxygen atoms in total. The predicted molar refractivity (Wildman–Crippen MR) is 115 cm³/mol. The third-order valence-corrected chi connectivity index (χ3v) is 6.68. The van der Waals surface area contributed by atoms with Gasteiger partial charge in [0.1, 0.15) is 18.2 Å². The molecular formula is C21H18BrN3O2S. The zero-order valence-electron chi connectivity index (χ0n) is 15.3. The molecule has 0 unspecified atom stereocenters. The number of aromatic nitrogens is 3. The minimum atomic E-state index is -0.117. The Balaban J connectivity index is 1.42. The van der Waals surface area contributed by atoms with E-state index in [9.17, 15) is 4.79 Å². The lowest BCUT2D eigenvalue weighted by Crippen LogP contribution is -2.16. The van der Waals surface area contributed by atoms with Crippen LogP contribution in [0.4, 0.5) is 0 Å². The summed E-state index contributed by atoms with van der Waals surface area (Å²) in [7, 11) is 2.05. The van der Waals surface area contributed by atoms with Gasteiger partial charge in [0.2, 0.25) is 0 Å². The van der Waals surface area contributed by atoms with Crippen LogP contribution in [0.2, 0.25) is 0 Å². The molecule has 3 aromatic heterocycles. The van der Waals surface area contributed by atoms with Gasteiger partial charge in [0.25, 0.3) is 5.56 Å². The van der Waals surface area contributed by atoms with Gasteiger partial charge in [0.05, 0.1) is 16.7 Å². The van der Waals surface area contributed by atoms with Crippen LogP contribution in [0.5, 0.6) is 5.75 Å². The van der Waals surface area contributed by atoms with Crippen LogP contribution in [-0.4, -0.2) is 14.1 Å². The van der Waals surface area contributed by atoms with E-state index in [2.05, 4.69) is 27.5 Å². The van der Waals surface area contributed by atoms with Gasteiger partial charge in [0, 0.05) is 40.0 Å². The normalized spacial score (nSPS) is 13.9. The summed E-state index contributed by atoms with van der Waals surface area (Å²) in [6, 6.07) is 11.3. The third kappa shape index (κ3) is 3.29. The first-order valence-corrected chi connectivity index (χ1v) is 10.8. The van der Waals surface area contributed by atoms with Gasteiger partial charge in [-0.05, 0) is 59.1 Å². The van der Waals surface area contributed by atoms with Crippen molar-refractivity contribution in [3.8, 4) is 11.4 Å². The smallest absolute Gasteiger partial charge is 0.258 e. The molecule has 1 aliphatic carbocycles. The predicted octanol–water partition coefficient (Wildman–Crippen LogP) is 5.00. The zero-order chi connectivity index (χ0) is 19.3. The largest absolute Gasteiger partial charge is 0.488 e. The first kappa shape index (κ1) is 17.7. The van der Waals surface area contributed by atoms with Gasteiger partial charge >= 0.3 is 0 Å². The molecule has 28 heavy (non-hydrogen) atoms. The standard InChI is InChI=1S/C21H18BrN3O2S/c1-24-19-9-15(4-5-18(19)23-21(24)13-2-3-13)25-7-6-16(10-20(25)26)27-11-17-8-14(22)12-28-17/h4-10,12-13H,2-3,11H2,1H3. The lowest BCUT2D eigenvalue weighted by atomic mass is 10.2. The summed E-state index contributed by atoms with van der Waals surface area (Å²) in [6.45, 7) is 0.449. The molecule has 7 heteroatoms. The number of thiophene rings is 1. The SMILES string of the molecule is Cn1c(C2CC2)nc2ccc(-n3ccc(OCc4cc(Br)cs4)cc3=O)cc21. The van der Waals surface area contributed by atoms with Crippen molar-refractivity contribution in [3.05, 3.63) is 73.5 Å². The van der Waals surface area contributed by atoms with E-state index in [1.165, 1.54) is 18.9 Å². The van der Waals surface area contributed by atoms with Gasteiger partial charge in [-0.2, -0.15) is 0 Å². The Morgan fingerprint density at radius 1 is 1.25 bits per heavy atom. The maximum atomic E-state index is 12.7. The van der Waals surface area contributed by atoms with Crippen LogP contribution < -0.4 is 10.3 Å². The monoisotopic (exact) mass is 455 g/mol. The van der Waals surface area contributed by atoms with Crippen LogP contribution in [0.3, 0.4) is 0 Å². The summed E-state index contributed by atoms with van der Waals surface area (Å²) in [5.74, 6) is 2.30. The molecule has 0 bridgehead atoms. The zero-order valence-corrected chi connectivity index (χ0v) is 17.7. The number of hydrogen-bond acceptors (Lipinski definition) is 4. The Bertz CT molecular complexity index is 1240. The fourth-order valence-electron chi connectivity index (χ4n) is 3.40. The number of pyridine rings is 1. The van der Waals surface area contributed by atoms with Crippen LogP contribution in [0.1, 0.15) is 29.5 Å². The first-order chi connectivity index (χ1) is 13.6. The molecular weight excluding hydrogens is 438 g/mol. The van der Waals surface area contributed by atoms with Crippen LogP contribution in [-0.2, 0) is 13.7 Å². The maximum Gasteiger partial charge on any atom is 0.258 e.